The Balaban J connectivity index is 1.43. The highest BCUT2D eigenvalue weighted by atomic mass is 15.3. The first kappa shape index (κ1) is 31.5. The summed E-state index contributed by atoms with van der Waals surface area (Å²) in [6, 6.07) is 48.2. The van der Waals surface area contributed by atoms with Gasteiger partial charge in [0.15, 0.2) is 0 Å². The first-order valence-corrected chi connectivity index (χ1v) is 18.5. The molecular formula is C49H40N4. The Bertz CT molecular complexity index is 2890. The number of rotatable bonds is 4. The third kappa shape index (κ3) is 4.36. The van der Waals surface area contributed by atoms with Gasteiger partial charge in [-0.1, -0.05) is 121 Å². The van der Waals surface area contributed by atoms with Gasteiger partial charge in [0.2, 0.25) is 0 Å². The Labute approximate surface area is 308 Å². The summed E-state index contributed by atoms with van der Waals surface area (Å²) in [5.41, 5.74) is 15.6. The van der Waals surface area contributed by atoms with Crippen LogP contribution in [0.5, 0.6) is 0 Å². The molecule has 0 aliphatic carbocycles. The molecule has 0 fully saturated rings. The van der Waals surface area contributed by atoms with Crippen LogP contribution in [-0.4, -0.2) is 19.2 Å². The molecule has 4 nitrogen and oxygen atoms in total. The Morgan fingerprint density at radius 3 is 1.06 bits per heavy atom. The number of hydrogen-bond donors (Lipinski definition) is 0. The van der Waals surface area contributed by atoms with Crippen LogP contribution in [0.2, 0.25) is 0 Å². The van der Waals surface area contributed by atoms with Gasteiger partial charge in [-0.05, 0) is 97.8 Å². The van der Waals surface area contributed by atoms with E-state index in [0.717, 1.165) is 33.5 Å². The molecule has 0 saturated carbocycles. The molecule has 0 unspecified atom stereocenters. The van der Waals surface area contributed by atoms with Crippen molar-refractivity contribution in [1.82, 2.24) is 19.2 Å². The average Bonchev–Trinajstić information content (AvgIpc) is 3.77. The fourth-order valence-electron chi connectivity index (χ4n) is 9.18. The number of hydrogen-bond acceptors (Lipinski definition) is 2. The average molecular weight is 685 g/mol. The zero-order valence-corrected chi connectivity index (χ0v) is 31.0. The van der Waals surface area contributed by atoms with Crippen LogP contribution in [0, 0.1) is 27.7 Å². The summed E-state index contributed by atoms with van der Waals surface area (Å²) in [5, 5.41) is 18.7. The van der Waals surface area contributed by atoms with E-state index in [4.69, 9.17) is 10.2 Å². The highest BCUT2D eigenvalue weighted by Crippen LogP contribution is 2.49. The van der Waals surface area contributed by atoms with Crippen LogP contribution in [-0.2, 0) is 5.41 Å². The van der Waals surface area contributed by atoms with Crippen molar-refractivity contribution < 1.29 is 0 Å². The van der Waals surface area contributed by atoms with Gasteiger partial charge in [0.05, 0.1) is 38.9 Å². The third-order valence-electron chi connectivity index (χ3n) is 11.6. The van der Waals surface area contributed by atoms with E-state index < -0.39 is 5.41 Å². The van der Waals surface area contributed by atoms with Gasteiger partial charge in [-0.15, -0.1) is 0 Å². The minimum atomic E-state index is -0.642. The maximum atomic E-state index is 5.74. The molecule has 10 rings (SSSR count). The second kappa shape index (κ2) is 11.4. The minimum absolute atomic E-state index is 0.642. The molecule has 4 heteroatoms. The van der Waals surface area contributed by atoms with Crippen molar-refractivity contribution in [2.24, 2.45) is 0 Å². The fraction of sp³-hybridized carbons (Fsp3) is 0.143. The quantitative estimate of drug-likeness (QED) is 0.173. The van der Waals surface area contributed by atoms with Gasteiger partial charge < -0.3 is 0 Å². The number of pyridine rings is 2. The van der Waals surface area contributed by atoms with Gasteiger partial charge in [-0.2, -0.15) is 10.2 Å². The third-order valence-corrected chi connectivity index (χ3v) is 11.6. The van der Waals surface area contributed by atoms with Gasteiger partial charge >= 0.3 is 0 Å². The summed E-state index contributed by atoms with van der Waals surface area (Å²) in [6.07, 6.45) is 0. The van der Waals surface area contributed by atoms with Crippen molar-refractivity contribution in [1.29, 1.82) is 0 Å². The molecule has 4 aromatic heterocycles. The monoisotopic (exact) mass is 684 g/mol. The van der Waals surface area contributed by atoms with Crippen LogP contribution in [0.15, 0.2) is 133 Å². The number of nitrogens with zero attached hydrogens (tertiary/aromatic N) is 4. The number of para-hydroxylation sites is 2. The summed E-state index contributed by atoms with van der Waals surface area (Å²) in [6.45, 7) is 13.6. The Kier molecular flexibility index (Phi) is 6.75. The first-order chi connectivity index (χ1) is 25.8. The molecule has 0 spiro atoms. The number of aryl methyl sites for hydroxylation is 4. The van der Waals surface area contributed by atoms with Crippen LogP contribution in [0.4, 0.5) is 0 Å². The summed E-state index contributed by atoms with van der Waals surface area (Å²) in [7, 11) is 0. The summed E-state index contributed by atoms with van der Waals surface area (Å²) >= 11 is 0. The highest BCUT2D eigenvalue weighted by molar-refractivity contribution is 6.17. The number of benzene rings is 6. The number of fused-ring (bicyclic) bond motifs is 12. The van der Waals surface area contributed by atoms with Crippen molar-refractivity contribution in [2.45, 2.75) is 47.0 Å². The lowest BCUT2D eigenvalue weighted by atomic mass is 9.77. The Hall–Kier alpha value is -6.26. The summed E-state index contributed by atoms with van der Waals surface area (Å²) in [4.78, 5) is 0. The lowest BCUT2D eigenvalue weighted by Crippen LogP contribution is -2.23. The molecule has 0 amide bonds. The lowest BCUT2D eigenvalue weighted by molar-refractivity contribution is 0.587. The van der Waals surface area contributed by atoms with Gasteiger partial charge in [-0.3, -0.25) is 0 Å². The highest BCUT2D eigenvalue weighted by Gasteiger charge is 2.39. The fourth-order valence-corrected chi connectivity index (χ4v) is 9.18. The van der Waals surface area contributed by atoms with Gasteiger partial charge in [-0.25, -0.2) is 9.03 Å². The molecular weight excluding hydrogens is 645 g/mol. The zero-order valence-electron chi connectivity index (χ0n) is 31.0. The van der Waals surface area contributed by atoms with E-state index in [0.29, 0.717) is 0 Å². The molecule has 0 bridgehead atoms. The van der Waals surface area contributed by atoms with Crippen molar-refractivity contribution in [2.75, 3.05) is 0 Å². The molecule has 0 radical (unpaired) electrons. The lowest BCUT2D eigenvalue weighted by Gasteiger charge is -2.25. The van der Waals surface area contributed by atoms with E-state index >= 15 is 0 Å². The molecule has 0 saturated heterocycles. The molecule has 0 atom stereocenters. The predicted molar refractivity (Wildman–Crippen MR) is 222 cm³/mol. The van der Waals surface area contributed by atoms with Crippen LogP contribution in [0.3, 0.4) is 0 Å². The number of aromatic nitrogens is 4. The second-order valence-corrected chi connectivity index (χ2v) is 15.3. The van der Waals surface area contributed by atoms with Crippen molar-refractivity contribution >= 4 is 54.4 Å². The second-order valence-electron chi connectivity index (χ2n) is 15.3. The maximum Gasteiger partial charge on any atom is 0.0830 e. The molecule has 53 heavy (non-hydrogen) atoms. The minimum Gasteiger partial charge on any atom is -0.231 e. The topological polar surface area (TPSA) is 34.6 Å². The van der Waals surface area contributed by atoms with Gasteiger partial charge in [0.25, 0.3) is 0 Å². The van der Waals surface area contributed by atoms with Crippen LogP contribution in [0.1, 0.15) is 47.5 Å². The van der Waals surface area contributed by atoms with Crippen LogP contribution in [0.25, 0.3) is 76.6 Å². The predicted octanol–water partition coefficient (Wildman–Crippen LogP) is 12.5. The zero-order chi connectivity index (χ0) is 36.2. The largest absolute Gasteiger partial charge is 0.231 e. The molecule has 0 aliphatic rings. The first-order valence-electron chi connectivity index (χ1n) is 18.5. The van der Waals surface area contributed by atoms with E-state index in [1.807, 2.05) is 0 Å². The Morgan fingerprint density at radius 2 is 0.679 bits per heavy atom. The van der Waals surface area contributed by atoms with Crippen LogP contribution < -0.4 is 0 Å². The van der Waals surface area contributed by atoms with Crippen molar-refractivity contribution in [3.05, 3.63) is 167 Å². The van der Waals surface area contributed by atoms with E-state index in [-0.39, 0.29) is 0 Å². The molecule has 4 heterocycles. The molecule has 0 aliphatic heterocycles. The van der Waals surface area contributed by atoms with Crippen molar-refractivity contribution in [3.8, 4) is 22.3 Å². The summed E-state index contributed by atoms with van der Waals surface area (Å²) < 4.78 is 4.44. The maximum absolute atomic E-state index is 5.74. The molecule has 256 valence electrons. The van der Waals surface area contributed by atoms with Crippen molar-refractivity contribution in [3.63, 3.8) is 0 Å². The molecule has 10 aromatic rings. The van der Waals surface area contributed by atoms with E-state index in [2.05, 4.69) is 184 Å². The molecule has 6 aromatic carbocycles. The molecule has 0 N–H and O–H groups in total. The van der Waals surface area contributed by atoms with Gasteiger partial charge in [0, 0.05) is 32.7 Å². The standard InChI is InChI=1S/C49H40N4/c1-29-17-15-18-30(2)41(29)43-45-37-25-9-7-21-33(37)35-23-11-13-27-39(35)52(45)50-47(43)49(5,6)48-44(42-31(3)19-16-20-32(42)4)46-38-26-10-8-22-34(38)36-24-12-14-28-40(36)53(46)51-48/h7-28H,1-6H3. The SMILES string of the molecule is Cc1cccc(C)c1-c1c(C(C)(C)c2nn3c4ccccc4c4ccccc4c3c2-c2c(C)cccc2C)nn2c3ccccc3c3ccccc3c12. The van der Waals surface area contributed by atoms with Gasteiger partial charge in [0.1, 0.15) is 0 Å². The van der Waals surface area contributed by atoms with E-state index in [9.17, 15) is 0 Å². The normalized spacial score (nSPS) is 12.3. The van der Waals surface area contributed by atoms with E-state index in [1.54, 1.807) is 0 Å². The summed E-state index contributed by atoms with van der Waals surface area (Å²) in [5.74, 6) is 0. The van der Waals surface area contributed by atoms with Crippen LogP contribution >= 0.6 is 0 Å². The Morgan fingerprint density at radius 1 is 0.358 bits per heavy atom. The smallest absolute Gasteiger partial charge is 0.0830 e. The van der Waals surface area contributed by atoms with E-state index in [1.165, 1.54) is 76.8 Å².